The van der Waals surface area contributed by atoms with Gasteiger partial charge in [0.15, 0.2) is 5.82 Å². The fraction of sp³-hybridized carbons (Fsp3) is 0.333. The first-order chi connectivity index (χ1) is 9.13. The monoisotopic (exact) mass is 285 g/mol. The van der Waals surface area contributed by atoms with Gasteiger partial charge in [-0.2, -0.15) is 4.98 Å². The van der Waals surface area contributed by atoms with Gasteiger partial charge in [-0.05, 0) is 25.0 Å². The van der Waals surface area contributed by atoms with E-state index >= 15 is 0 Å². The fourth-order valence-electron chi connectivity index (χ4n) is 1.64. The molecule has 1 aromatic carbocycles. The zero-order valence-corrected chi connectivity index (χ0v) is 10.5. The molecule has 1 aliphatic carbocycles. The molecule has 2 aromatic rings. The topological polar surface area (TPSA) is 51.0 Å². The summed E-state index contributed by atoms with van der Waals surface area (Å²) in [6, 6.07) is 2.34. The van der Waals surface area contributed by atoms with E-state index in [1.165, 1.54) is 0 Å². The third kappa shape index (κ3) is 2.74. The summed E-state index contributed by atoms with van der Waals surface area (Å²) in [5.74, 6) is -1.07. The fourth-order valence-corrected chi connectivity index (χ4v) is 1.80. The largest absolute Gasteiger partial charge is 0.334 e. The zero-order chi connectivity index (χ0) is 13.4. The van der Waals surface area contributed by atoms with Gasteiger partial charge in [-0.15, -0.1) is 0 Å². The summed E-state index contributed by atoms with van der Waals surface area (Å²) in [6.07, 6.45) is 2.28. The van der Waals surface area contributed by atoms with Crippen LogP contribution in [0.15, 0.2) is 16.7 Å². The summed E-state index contributed by atoms with van der Waals surface area (Å²) in [6.45, 7) is 0.450. The summed E-state index contributed by atoms with van der Waals surface area (Å²) in [5, 5.41) is 6.63. The van der Waals surface area contributed by atoms with Crippen molar-refractivity contribution in [3.05, 3.63) is 34.6 Å². The number of aromatic nitrogens is 2. The number of nitrogens with zero attached hydrogens (tertiary/aromatic N) is 2. The van der Waals surface area contributed by atoms with Crippen LogP contribution in [0.25, 0.3) is 11.5 Å². The van der Waals surface area contributed by atoms with E-state index in [2.05, 4.69) is 15.5 Å². The molecule has 1 saturated carbocycles. The molecule has 100 valence electrons. The maximum atomic E-state index is 13.7. The maximum absolute atomic E-state index is 13.7. The highest BCUT2D eigenvalue weighted by molar-refractivity contribution is 6.30. The van der Waals surface area contributed by atoms with Gasteiger partial charge >= 0.3 is 0 Å². The van der Waals surface area contributed by atoms with Gasteiger partial charge in [-0.25, -0.2) is 8.78 Å². The first-order valence-corrected chi connectivity index (χ1v) is 6.22. The molecule has 1 fully saturated rings. The predicted octanol–water partition coefficient (Wildman–Crippen LogP) is 2.92. The van der Waals surface area contributed by atoms with Crippen LogP contribution >= 0.6 is 11.6 Å². The van der Waals surface area contributed by atoms with Gasteiger partial charge in [0, 0.05) is 6.04 Å². The molecule has 4 nitrogen and oxygen atoms in total. The van der Waals surface area contributed by atoms with Gasteiger partial charge < -0.3 is 9.84 Å². The van der Waals surface area contributed by atoms with Crippen molar-refractivity contribution in [1.29, 1.82) is 0 Å². The molecule has 0 aliphatic heterocycles. The molecule has 0 atom stereocenters. The molecule has 1 aromatic heterocycles. The van der Waals surface area contributed by atoms with Crippen LogP contribution in [0.1, 0.15) is 18.7 Å². The highest BCUT2D eigenvalue weighted by Crippen LogP contribution is 2.26. The van der Waals surface area contributed by atoms with Crippen molar-refractivity contribution >= 4 is 11.6 Å². The summed E-state index contributed by atoms with van der Waals surface area (Å²) in [4.78, 5) is 4.02. The van der Waals surface area contributed by atoms with E-state index in [4.69, 9.17) is 16.1 Å². The van der Waals surface area contributed by atoms with Gasteiger partial charge in [0.25, 0.3) is 5.89 Å². The molecule has 0 bridgehead atoms. The number of benzene rings is 1. The molecular weight excluding hydrogens is 276 g/mol. The Balaban J connectivity index is 1.83. The quantitative estimate of drug-likeness (QED) is 0.878. The van der Waals surface area contributed by atoms with Crippen LogP contribution in [0.4, 0.5) is 8.78 Å². The van der Waals surface area contributed by atoms with Crippen LogP contribution in [0.2, 0.25) is 5.02 Å². The lowest BCUT2D eigenvalue weighted by molar-refractivity contribution is 0.416. The van der Waals surface area contributed by atoms with Gasteiger partial charge in [0.1, 0.15) is 11.6 Å². The molecular formula is C12H10ClF2N3O. The second kappa shape index (κ2) is 4.86. The van der Waals surface area contributed by atoms with Gasteiger partial charge in [0.05, 0.1) is 17.1 Å². The lowest BCUT2D eigenvalue weighted by Gasteiger charge is -1.99. The summed E-state index contributed by atoms with van der Waals surface area (Å²) in [5.41, 5.74) is -0.0907. The van der Waals surface area contributed by atoms with Crippen molar-refractivity contribution in [1.82, 2.24) is 15.5 Å². The molecule has 0 unspecified atom stereocenters. The van der Waals surface area contributed by atoms with Crippen molar-refractivity contribution in [3.8, 4) is 11.5 Å². The molecule has 1 N–H and O–H groups in total. The van der Waals surface area contributed by atoms with Crippen LogP contribution in [0, 0.1) is 11.6 Å². The molecule has 0 spiro atoms. The highest BCUT2D eigenvalue weighted by Gasteiger charge is 2.22. The average Bonchev–Trinajstić information content (AvgIpc) is 3.09. The Bertz CT molecular complexity index is 613. The van der Waals surface area contributed by atoms with Crippen molar-refractivity contribution < 1.29 is 13.3 Å². The molecule has 1 heterocycles. The lowest BCUT2D eigenvalue weighted by Crippen LogP contribution is -2.16. The molecule has 19 heavy (non-hydrogen) atoms. The van der Waals surface area contributed by atoms with E-state index in [1.807, 2.05) is 0 Å². The van der Waals surface area contributed by atoms with Gasteiger partial charge in [-0.3, -0.25) is 0 Å². The molecule has 7 heteroatoms. The minimum atomic E-state index is -0.728. The Kier molecular flexibility index (Phi) is 3.20. The van der Waals surface area contributed by atoms with Gasteiger partial charge in [0.2, 0.25) is 0 Å². The normalized spacial score (nSPS) is 14.9. The van der Waals surface area contributed by atoms with Crippen molar-refractivity contribution in [3.63, 3.8) is 0 Å². The van der Waals surface area contributed by atoms with Gasteiger partial charge in [-0.1, -0.05) is 16.8 Å². The van der Waals surface area contributed by atoms with Crippen molar-refractivity contribution in [2.75, 3.05) is 0 Å². The minimum absolute atomic E-state index is 0.0549. The maximum Gasteiger partial charge on any atom is 0.261 e. The van der Waals surface area contributed by atoms with E-state index in [1.54, 1.807) is 0 Å². The van der Waals surface area contributed by atoms with Crippen LogP contribution < -0.4 is 5.32 Å². The number of halogens is 3. The first kappa shape index (κ1) is 12.5. The van der Waals surface area contributed by atoms with Crippen LogP contribution in [0.5, 0.6) is 0 Å². The number of hydrogen-bond donors (Lipinski definition) is 1. The summed E-state index contributed by atoms with van der Waals surface area (Å²) < 4.78 is 31.9. The minimum Gasteiger partial charge on any atom is -0.334 e. The second-order valence-corrected chi connectivity index (χ2v) is 4.82. The van der Waals surface area contributed by atoms with E-state index in [-0.39, 0.29) is 16.5 Å². The number of nitrogens with one attached hydrogen (secondary N) is 1. The van der Waals surface area contributed by atoms with Crippen molar-refractivity contribution in [2.45, 2.75) is 25.4 Å². The summed E-state index contributed by atoms with van der Waals surface area (Å²) >= 11 is 5.48. The molecule has 0 amide bonds. The van der Waals surface area contributed by atoms with Crippen LogP contribution in [-0.2, 0) is 6.54 Å². The molecule has 0 saturated heterocycles. The highest BCUT2D eigenvalue weighted by atomic mass is 35.5. The number of rotatable bonds is 4. The molecule has 0 radical (unpaired) electrons. The number of hydrogen-bond acceptors (Lipinski definition) is 4. The Hall–Kier alpha value is -1.53. The van der Waals surface area contributed by atoms with E-state index < -0.39 is 11.6 Å². The second-order valence-electron chi connectivity index (χ2n) is 4.42. The van der Waals surface area contributed by atoms with E-state index in [0.29, 0.717) is 18.4 Å². The lowest BCUT2D eigenvalue weighted by atomic mass is 10.2. The van der Waals surface area contributed by atoms with Crippen LogP contribution in [0.3, 0.4) is 0 Å². The summed E-state index contributed by atoms with van der Waals surface area (Å²) in [7, 11) is 0. The van der Waals surface area contributed by atoms with E-state index in [9.17, 15) is 8.78 Å². The average molecular weight is 286 g/mol. The SMILES string of the molecule is Fc1cc(-c2nc(CNC3CC3)no2)c(F)cc1Cl. The molecule has 1 aliphatic rings. The zero-order valence-electron chi connectivity index (χ0n) is 9.79. The Morgan fingerprint density at radius 1 is 1.32 bits per heavy atom. The smallest absolute Gasteiger partial charge is 0.261 e. The first-order valence-electron chi connectivity index (χ1n) is 5.84. The van der Waals surface area contributed by atoms with Crippen molar-refractivity contribution in [2.24, 2.45) is 0 Å². The Morgan fingerprint density at radius 3 is 2.84 bits per heavy atom. The standard InChI is InChI=1S/C12H10ClF2N3O/c13-8-4-9(14)7(3-10(8)15)12-17-11(18-19-12)5-16-6-1-2-6/h3-4,6,16H,1-2,5H2. The Morgan fingerprint density at radius 2 is 2.11 bits per heavy atom. The predicted molar refractivity (Wildman–Crippen MR) is 64.5 cm³/mol. The third-order valence-electron chi connectivity index (χ3n) is 2.83. The van der Waals surface area contributed by atoms with Crippen LogP contribution in [-0.4, -0.2) is 16.2 Å². The van der Waals surface area contributed by atoms with E-state index in [0.717, 1.165) is 25.0 Å². The third-order valence-corrected chi connectivity index (χ3v) is 3.12. The molecule has 3 rings (SSSR count). The Labute approximate surface area is 112 Å².